The van der Waals surface area contributed by atoms with E-state index in [1.54, 1.807) is 12.1 Å². The van der Waals surface area contributed by atoms with Gasteiger partial charge in [0, 0.05) is 7.05 Å². The second-order valence-corrected chi connectivity index (χ2v) is 6.94. The van der Waals surface area contributed by atoms with Crippen molar-refractivity contribution in [3.05, 3.63) is 35.4 Å². The maximum Gasteiger partial charge on any atom is 0.327 e. The first-order valence-corrected chi connectivity index (χ1v) is 9.23. The van der Waals surface area contributed by atoms with E-state index in [-0.39, 0.29) is 0 Å². The van der Waals surface area contributed by atoms with Gasteiger partial charge in [-0.25, -0.2) is 9.59 Å². The normalized spacial score (nSPS) is 21.2. The van der Waals surface area contributed by atoms with Crippen LogP contribution in [-0.2, 0) is 31.1 Å². The molecule has 3 rings (SSSR count). The summed E-state index contributed by atoms with van der Waals surface area (Å²) in [5.41, 5.74) is 0.532. The number of imide groups is 2. The zero-order valence-electron chi connectivity index (χ0n) is 16.1. The lowest BCUT2D eigenvalue weighted by Gasteiger charge is -2.33. The van der Waals surface area contributed by atoms with Crippen molar-refractivity contribution in [2.24, 2.45) is 0 Å². The zero-order chi connectivity index (χ0) is 21.2. The lowest BCUT2D eigenvalue weighted by molar-refractivity contribution is -0.156. The molecule has 1 aromatic carbocycles. The molecule has 29 heavy (non-hydrogen) atoms. The molecular weight excluding hydrogens is 380 g/mol. The molecule has 154 valence electrons. The van der Waals surface area contributed by atoms with Crippen molar-refractivity contribution < 1.29 is 28.7 Å². The molecule has 1 aliphatic heterocycles. The Bertz CT molecular complexity index is 885. The quantitative estimate of drug-likeness (QED) is 0.485. The largest absolute Gasteiger partial charge is 0.451 e. The summed E-state index contributed by atoms with van der Waals surface area (Å²) in [6.07, 6.45) is 0.689. The molecule has 1 saturated heterocycles. The molecule has 1 heterocycles. The van der Waals surface area contributed by atoms with Crippen LogP contribution in [-0.4, -0.2) is 54.4 Å². The van der Waals surface area contributed by atoms with E-state index in [4.69, 9.17) is 4.74 Å². The first-order valence-electron chi connectivity index (χ1n) is 9.23. The van der Waals surface area contributed by atoms with Gasteiger partial charge in [0.05, 0.1) is 0 Å². The molecule has 1 spiro atoms. The Hall–Kier alpha value is -3.43. The molecule has 2 atom stereocenters. The molecule has 3 N–H and O–H groups in total. The maximum absolute atomic E-state index is 13.1. The number of hydrogen-bond donors (Lipinski definition) is 3. The van der Waals surface area contributed by atoms with E-state index >= 15 is 0 Å². The minimum atomic E-state index is -1.27. The minimum Gasteiger partial charge on any atom is -0.451 e. The lowest BCUT2D eigenvalue weighted by Crippen LogP contribution is -2.47. The number of esters is 1. The minimum absolute atomic E-state index is 0.436. The molecule has 0 saturated carbocycles. The van der Waals surface area contributed by atoms with Crippen LogP contribution in [0.15, 0.2) is 24.3 Å². The van der Waals surface area contributed by atoms with Gasteiger partial charge in [-0.3, -0.25) is 24.6 Å². The predicted molar refractivity (Wildman–Crippen MR) is 99.5 cm³/mol. The van der Waals surface area contributed by atoms with E-state index in [1.165, 1.54) is 14.0 Å². The maximum atomic E-state index is 13.1. The van der Waals surface area contributed by atoms with Crippen LogP contribution in [0.25, 0.3) is 0 Å². The van der Waals surface area contributed by atoms with Crippen LogP contribution in [0.1, 0.15) is 30.9 Å². The van der Waals surface area contributed by atoms with Gasteiger partial charge in [0.25, 0.3) is 11.8 Å². The highest BCUT2D eigenvalue weighted by Crippen LogP contribution is 2.39. The van der Waals surface area contributed by atoms with Crippen LogP contribution >= 0.6 is 0 Å². The van der Waals surface area contributed by atoms with Crippen LogP contribution < -0.4 is 16.0 Å². The fraction of sp³-hybridized carbons (Fsp3) is 0.421. The van der Waals surface area contributed by atoms with Crippen molar-refractivity contribution in [1.82, 2.24) is 20.9 Å². The molecule has 0 aromatic heterocycles. The number of urea groups is 2. The highest BCUT2D eigenvalue weighted by atomic mass is 16.5. The summed E-state index contributed by atoms with van der Waals surface area (Å²) in [4.78, 5) is 61.5. The number of carbonyl (C=O) groups excluding carboxylic acids is 5. The van der Waals surface area contributed by atoms with Crippen LogP contribution in [0.3, 0.4) is 0 Å². The first kappa shape index (κ1) is 20.3. The lowest BCUT2D eigenvalue weighted by atomic mass is 9.76. The third-order valence-corrected chi connectivity index (χ3v) is 5.08. The monoisotopic (exact) mass is 402 g/mol. The average molecular weight is 402 g/mol. The summed E-state index contributed by atoms with van der Waals surface area (Å²) in [5, 5.41) is 6.91. The fourth-order valence-corrected chi connectivity index (χ4v) is 3.65. The van der Waals surface area contributed by atoms with E-state index in [1.807, 2.05) is 17.4 Å². The number of fused-ring (bicyclic) bond motifs is 2. The zero-order valence-corrected chi connectivity index (χ0v) is 16.1. The molecule has 6 amide bonds. The molecule has 0 unspecified atom stereocenters. The van der Waals surface area contributed by atoms with Gasteiger partial charge in [0.2, 0.25) is 0 Å². The number of rotatable bonds is 4. The van der Waals surface area contributed by atoms with Gasteiger partial charge in [-0.15, -0.1) is 0 Å². The molecule has 1 aromatic rings. The third-order valence-electron chi connectivity index (χ3n) is 5.08. The van der Waals surface area contributed by atoms with E-state index in [2.05, 4.69) is 10.6 Å². The molecule has 2 aliphatic rings. The van der Waals surface area contributed by atoms with Gasteiger partial charge in [-0.1, -0.05) is 24.3 Å². The number of hydrogen-bond acceptors (Lipinski definition) is 6. The summed E-state index contributed by atoms with van der Waals surface area (Å²) in [6, 6.07) is 5.96. The van der Waals surface area contributed by atoms with Gasteiger partial charge in [0.15, 0.2) is 6.10 Å². The summed E-state index contributed by atoms with van der Waals surface area (Å²) in [7, 11) is 1.33. The molecule has 10 heteroatoms. The second kappa shape index (κ2) is 7.90. The first-order chi connectivity index (χ1) is 13.8. The second-order valence-electron chi connectivity index (χ2n) is 6.94. The smallest absolute Gasteiger partial charge is 0.327 e. The Morgan fingerprint density at radius 2 is 2.00 bits per heavy atom. The molecular formula is C19H22N4O6. The van der Waals surface area contributed by atoms with Gasteiger partial charge < -0.3 is 15.4 Å². The average Bonchev–Trinajstić information content (AvgIpc) is 2.92. The third kappa shape index (κ3) is 3.78. The molecule has 1 aliphatic carbocycles. The van der Waals surface area contributed by atoms with Crippen molar-refractivity contribution in [3.8, 4) is 0 Å². The number of benzene rings is 1. The highest BCUT2D eigenvalue weighted by Gasteiger charge is 2.54. The van der Waals surface area contributed by atoms with Crippen LogP contribution in [0.5, 0.6) is 0 Å². The number of nitrogens with zero attached hydrogens (tertiary/aromatic N) is 1. The topological polar surface area (TPSA) is 134 Å². The standard InChI is InChI=1S/C19H22N4O6/c1-11(15(25)21-17(27)20-2)29-14(24)10-23-16(26)19(22-18(23)28)9-5-7-12-6-3-4-8-13(12)19/h3-4,6,8,11H,5,7,9-10H2,1-2H3,(H,22,28)(H2,20,21,25,27)/t11-,19+/m0/s1. The summed E-state index contributed by atoms with van der Waals surface area (Å²) in [5.74, 6) is -2.28. The Morgan fingerprint density at radius 1 is 1.28 bits per heavy atom. The van der Waals surface area contributed by atoms with Crippen LogP contribution in [0.4, 0.5) is 9.59 Å². The Kier molecular flexibility index (Phi) is 5.53. The van der Waals surface area contributed by atoms with Gasteiger partial charge in [-0.2, -0.15) is 0 Å². The number of ether oxygens (including phenoxy) is 1. The van der Waals surface area contributed by atoms with Crippen LogP contribution in [0.2, 0.25) is 0 Å². The van der Waals surface area contributed by atoms with E-state index in [9.17, 15) is 24.0 Å². The van der Waals surface area contributed by atoms with E-state index < -0.39 is 48.0 Å². The summed E-state index contributed by atoms with van der Waals surface area (Å²) < 4.78 is 4.96. The number of aryl methyl sites for hydroxylation is 1. The summed E-state index contributed by atoms with van der Waals surface area (Å²) in [6.45, 7) is 0.646. The molecule has 10 nitrogen and oxygen atoms in total. The predicted octanol–water partition coefficient (Wildman–Crippen LogP) is 0.157. The Morgan fingerprint density at radius 3 is 2.72 bits per heavy atom. The van der Waals surface area contributed by atoms with Crippen molar-refractivity contribution >= 4 is 29.8 Å². The van der Waals surface area contributed by atoms with Crippen molar-refractivity contribution in [3.63, 3.8) is 0 Å². The van der Waals surface area contributed by atoms with Crippen molar-refractivity contribution in [2.75, 3.05) is 13.6 Å². The van der Waals surface area contributed by atoms with Gasteiger partial charge in [0.1, 0.15) is 12.1 Å². The van der Waals surface area contributed by atoms with Crippen molar-refractivity contribution in [1.29, 1.82) is 0 Å². The Labute approximate surface area is 166 Å². The number of carbonyl (C=O) groups is 5. The number of nitrogens with one attached hydrogen (secondary N) is 3. The fourth-order valence-electron chi connectivity index (χ4n) is 3.65. The molecule has 0 bridgehead atoms. The number of amides is 6. The molecule has 1 fully saturated rings. The SMILES string of the molecule is CNC(=O)NC(=O)[C@H](C)OC(=O)CN1C(=O)N[C@@]2(CCCc3ccccc32)C1=O. The van der Waals surface area contributed by atoms with Crippen LogP contribution in [0, 0.1) is 0 Å². The van der Waals surface area contributed by atoms with E-state index in [0.29, 0.717) is 6.42 Å². The Balaban J connectivity index is 1.69. The molecule has 0 radical (unpaired) electrons. The van der Waals surface area contributed by atoms with E-state index in [0.717, 1.165) is 28.9 Å². The summed E-state index contributed by atoms with van der Waals surface area (Å²) >= 11 is 0. The highest BCUT2D eigenvalue weighted by molar-refractivity contribution is 6.09. The van der Waals surface area contributed by atoms with Gasteiger partial charge in [-0.05, 0) is 37.3 Å². The van der Waals surface area contributed by atoms with Gasteiger partial charge >= 0.3 is 18.0 Å². The van der Waals surface area contributed by atoms with Crippen molar-refractivity contribution in [2.45, 2.75) is 37.8 Å².